The molecule has 2 fully saturated rings. The Hall–Kier alpha value is -0.0400. The van der Waals surface area contributed by atoms with Gasteiger partial charge in [-0.25, -0.2) is 0 Å². The van der Waals surface area contributed by atoms with Crippen molar-refractivity contribution in [2.24, 2.45) is 23.7 Å². The molecule has 0 spiro atoms. The average Bonchev–Trinajstić information content (AvgIpc) is 2.86. The Morgan fingerprint density at radius 2 is 2.07 bits per heavy atom. The van der Waals surface area contributed by atoms with E-state index in [-0.39, 0.29) is 0 Å². The van der Waals surface area contributed by atoms with Gasteiger partial charge in [-0.3, -0.25) is 0 Å². The Morgan fingerprint density at radius 1 is 1.27 bits per heavy atom. The van der Waals surface area contributed by atoms with Gasteiger partial charge in [-0.2, -0.15) is 0 Å². The van der Waals surface area contributed by atoms with E-state index in [0.29, 0.717) is 6.04 Å². The Labute approximate surface area is 95.0 Å². The fourth-order valence-corrected chi connectivity index (χ4v) is 4.01. The molecular weight excluding hydrogens is 182 g/mol. The Morgan fingerprint density at radius 3 is 2.53 bits per heavy atom. The zero-order valence-corrected chi connectivity index (χ0v) is 10.6. The smallest absolute Gasteiger partial charge is 0.00640 e. The molecule has 15 heavy (non-hydrogen) atoms. The van der Waals surface area contributed by atoms with E-state index in [4.69, 9.17) is 0 Å². The third-order valence-corrected chi connectivity index (χ3v) is 5.18. The molecule has 0 aromatic carbocycles. The molecule has 2 aliphatic carbocycles. The molecule has 2 saturated carbocycles. The quantitative estimate of drug-likeness (QED) is 0.731. The van der Waals surface area contributed by atoms with Crippen LogP contribution in [0.25, 0.3) is 0 Å². The van der Waals surface area contributed by atoms with E-state index in [1.165, 1.54) is 12.8 Å². The average molecular weight is 209 g/mol. The summed E-state index contributed by atoms with van der Waals surface area (Å²) in [6.07, 6.45) is 9.03. The van der Waals surface area contributed by atoms with Crippen molar-refractivity contribution >= 4 is 0 Å². The first-order valence-corrected chi connectivity index (χ1v) is 6.91. The predicted octanol–water partition coefficient (Wildman–Crippen LogP) is 3.45. The van der Waals surface area contributed by atoms with E-state index in [1.807, 2.05) is 0 Å². The molecule has 2 rings (SSSR count). The SMILES string of the molecule is CCC(CC1CC2CCC1C2)C(C)NC. The maximum absolute atomic E-state index is 3.43. The first kappa shape index (κ1) is 11.4. The molecule has 0 amide bonds. The second-order valence-electron chi connectivity index (χ2n) is 5.92. The fraction of sp³-hybridized carbons (Fsp3) is 1.00. The van der Waals surface area contributed by atoms with Crippen LogP contribution in [0.4, 0.5) is 0 Å². The first-order chi connectivity index (χ1) is 7.24. The number of hydrogen-bond donors (Lipinski definition) is 1. The second-order valence-corrected chi connectivity index (χ2v) is 5.92. The molecule has 1 heteroatoms. The van der Waals surface area contributed by atoms with Gasteiger partial charge in [-0.1, -0.05) is 19.8 Å². The highest BCUT2D eigenvalue weighted by atomic mass is 14.9. The lowest BCUT2D eigenvalue weighted by atomic mass is 9.79. The minimum absolute atomic E-state index is 0.703. The maximum atomic E-state index is 3.43. The van der Waals surface area contributed by atoms with Crippen molar-refractivity contribution in [3.8, 4) is 0 Å². The molecule has 0 aromatic heterocycles. The van der Waals surface area contributed by atoms with Crippen LogP contribution in [0.15, 0.2) is 0 Å². The summed E-state index contributed by atoms with van der Waals surface area (Å²) in [5.74, 6) is 4.19. The molecule has 5 unspecified atom stereocenters. The number of nitrogens with one attached hydrogen (secondary N) is 1. The van der Waals surface area contributed by atoms with Crippen LogP contribution in [-0.4, -0.2) is 13.1 Å². The summed E-state index contributed by atoms with van der Waals surface area (Å²) in [5, 5.41) is 3.43. The van der Waals surface area contributed by atoms with Crippen LogP contribution in [0.1, 0.15) is 52.4 Å². The number of hydrogen-bond acceptors (Lipinski definition) is 1. The van der Waals surface area contributed by atoms with Crippen LogP contribution >= 0.6 is 0 Å². The summed E-state index contributed by atoms with van der Waals surface area (Å²) in [6.45, 7) is 4.70. The number of rotatable bonds is 5. The topological polar surface area (TPSA) is 12.0 Å². The summed E-state index contributed by atoms with van der Waals surface area (Å²) in [4.78, 5) is 0. The maximum Gasteiger partial charge on any atom is 0.00640 e. The van der Waals surface area contributed by atoms with Gasteiger partial charge in [0.1, 0.15) is 0 Å². The standard InChI is InChI=1S/C14H27N/c1-4-12(10(2)15-3)9-14-8-11-5-6-13(14)7-11/h10-15H,4-9H2,1-3H3. The molecule has 2 aliphatic rings. The summed E-state index contributed by atoms with van der Waals surface area (Å²) in [6, 6.07) is 0.703. The minimum atomic E-state index is 0.703. The van der Waals surface area contributed by atoms with Gasteiger partial charge in [-0.05, 0) is 63.3 Å². The molecule has 0 heterocycles. The van der Waals surface area contributed by atoms with E-state index in [2.05, 4.69) is 26.2 Å². The normalized spacial score (nSPS) is 38.2. The van der Waals surface area contributed by atoms with Crippen molar-refractivity contribution in [2.75, 3.05) is 7.05 Å². The molecule has 2 bridgehead atoms. The molecule has 0 aromatic rings. The van der Waals surface area contributed by atoms with Crippen LogP contribution in [0.5, 0.6) is 0 Å². The fourth-order valence-electron chi connectivity index (χ4n) is 4.01. The minimum Gasteiger partial charge on any atom is -0.317 e. The highest BCUT2D eigenvalue weighted by Crippen LogP contribution is 2.50. The molecular formula is C14H27N. The largest absolute Gasteiger partial charge is 0.317 e. The lowest BCUT2D eigenvalue weighted by molar-refractivity contribution is 0.235. The van der Waals surface area contributed by atoms with Gasteiger partial charge in [0, 0.05) is 6.04 Å². The molecule has 88 valence electrons. The van der Waals surface area contributed by atoms with Crippen molar-refractivity contribution in [2.45, 2.75) is 58.4 Å². The van der Waals surface area contributed by atoms with Gasteiger partial charge in [0.2, 0.25) is 0 Å². The van der Waals surface area contributed by atoms with Crippen LogP contribution < -0.4 is 5.32 Å². The van der Waals surface area contributed by atoms with E-state index >= 15 is 0 Å². The summed E-state index contributed by atoms with van der Waals surface area (Å²) in [5.41, 5.74) is 0. The van der Waals surface area contributed by atoms with E-state index < -0.39 is 0 Å². The zero-order chi connectivity index (χ0) is 10.8. The highest BCUT2D eigenvalue weighted by Gasteiger charge is 2.40. The molecule has 1 nitrogen and oxygen atoms in total. The summed E-state index contributed by atoms with van der Waals surface area (Å²) in [7, 11) is 2.11. The van der Waals surface area contributed by atoms with Crippen molar-refractivity contribution in [3.63, 3.8) is 0 Å². The van der Waals surface area contributed by atoms with Crippen LogP contribution in [-0.2, 0) is 0 Å². The van der Waals surface area contributed by atoms with Crippen molar-refractivity contribution in [1.82, 2.24) is 5.32 Å². The lowest BCUT2D eigenvalue weighted by Gasteiger charge is -2.29. The Balaban J connectivity index is 1.84. The Bertz CT molecular complexity index is 202. The highest BCUT2D eigenvalue weighted by molar-refractivity contribution is 4.91. The van der Waals surface area contributed by atoms with E-state index in [9.17, 15) is 0 Å². The monoisotopic (exact) mass is 209 g/mol. The van der Waals surface area contributed by atoms with Crippen molar-refractivity contribution in [1.29, 1.82) is 0 Å². The van der Waals surface area contributed by atoms with Gasteiger partial charge in [0.15, 0.2) is 0 Å². The number of fused-ring (bicyclic) bond motifs is 2. The van der Waals surface area contributed by atoms with Gasteiger partial charge >= 0.3 is 0 Å². The van der Waals surface area contributed by atoms with Crippen LogP contribution in [0, 0.1) is 23.7 Å². The molecule has 0 aliphatic heterocycles. The molecule has 1 N–H and O–H groups in total. The molecule has 5 atom stereocenters. The summed E-state index contributed by atoms with van der Waals surface area (Å²) >= 11 is 0. The van der Waals surface area contributed by atoms with Crippen LogP contribution in [0.2, 0.25) is 0 Å². The van der Waals surface area contributed by atoms with Crippen LogP contribution in [0.3, 0.4) is 0 Å². The van der Waals surface area contributed by atoms with E-state index in [0.717, 1.165) is 23.7 Å². The Kier molecular flexibility index (Phi) is 3.71. The lowest BCUT2D eigenvalue weighted by Crippen LogP contribution is -2.32. The predicted molar refractivity (Wildman–Crippen MR) is 65.9 cm³/mol. The molecule has 0 saturated heterocycles. The second kappa shape index (κ2) is 4.86. The third-order valence-electron chi connectivity index (χ3n) is 5.18. The first-order valence-electron chi connectivity index (χ1n) is 6.91. The van der Waals surface area contributed by atoms with Gasteiger partial charge in [0.25, 0.3) is 0 Å². The zero-order valence-electron chi connectivity index (χ0n) is 10.6. The van der Waals surface area contributed by atoms with Gasteiger partial charge in [0.05, 0.1) is 0 Å². The van der Waals surface area contributed by atoms with Crippen molar-refractivity contribution in [3.05, 3.63) is 0 Å². The van der Waals surface area contributed by atoms with Gasteiger partial charge in [-0.15, -0.1) is 0 Å². The third kappa shape index (κ3) is 2.38. The van der Waals surface area contributed by atoms with E-state index in [1.54, 1.807) is 25.7 Å². The van der Waals surface area contributed by atoms with Gasteiger partial charge < -0.3 is 5.32 Å². The van der Waals surface area contributed by atoms with Crippen molar-refractivity contribution < 1.29 is 0 Å². The summed E-state index contributed by atoms with van der Waals surface area (Å²) < 4.78 is 0. The molecule has 0 radical (unpaired) electrons.